The van der Waals surface area contributed by atoms with Gasteiger partial charge >= 0.3 is 6.03 Å². The van der Waals surface area contributed by atoms with E-state index in [1.807, 2.05) is 43.3 Å². The molecule has 9 heteroatoms. The molecule has 172 valence electrons. The van der Waals surface area contributed by atoms with Crippen LogP contribution >= 0.6 is 0 Å². The van der Waals surface area contributed by atoms with Crippen LogP contribution in [0.2, 0.25) is 0 Å². The summed E-state index contributed by atoms with van der Waals surface area (Å²) in [6, 6.07) is 17.0. The van der Waals surface area contributed by atoms with Crippen molar-refractivity contribution in [3.63, 3.8) is 0 Å². The normalized spacial score (nSPS) is 17.8. The zero-order chi connectivity index (χ0) is 23.8. The van der Waals surface area contributed by atoms with Gasteiger partial charge in [0.05, 0.1) is 23.1 Å². The maximum Gasteiger partial charge on any atom is 0.323 e. The standard InChI is InChI=1S/C25H24FN7O/c1-14-3-2-4-17(13-14)29-25(34)33-12-11-18(23(33)27)21-22-20(31-24(28)32-21)10-9-19(30-22)15-5-7-16(26)8-6-15/h2-10,13,18,23H,11-12,27H2,1H3,(H,29,34)(H2,28,31,32)/t18?,23-/m0/s1. The third-order valence-electron chi connectivity index (χ3n) is 6.06. The summed E-state index contributed by atoms with van der Waals surface area (Å²) in [7, 11) is 0. The van der Waals surface area contributed by atoms with E-state index in [1.165, 1.54) is 12.1 Å². The number of urea groups is 1. The number of nitrogen functional groups attached to an aromatic ring is 1. The van der Waals surface area contributed by atoms with E-state index in [1.54, 1.807) is 17.0 Å². The molecule has 0 radical (unpaired) electrons. The monoisotopic (exact) mass is 457 g/mol. The number of rotatable bonds is 3. The van der Waals surface area contributed by atoms with Crippen molar-refractivity contribution in [2.75, 3.05) is 17.6 Å². The number of pyridine rings is 1. The van der Waals surface area contributed by atoms with Crippen molar-refractivity contribution in [2.45, 2.75) is 25.4 Å². The molecular formula is C25H24FN7O. The minimum atomic E-state index is -0.612. The quantitative estimate of drug-likeness (QED) is 0.427. The number of nitrogens with one attached hydrogen (secondary N) is 1. The summed E-state index contributed by atoms with van der Waals surface area (Å²) in [5, 5.41) is 2.91. The molecule has 1 saturated heterocycles. The second-order valence-corrected chi connectivity index (χ2v) is 8.42. The summed E-state index contributed by atoms with van der Waals surface area (Å²) in [5.74, 6) is -0.469. The van der Waals surface area contributed by atoms with E-state index in [-0.39, 0.29) is 23.7 Å². The summed E-state index contributed by atoms with van der Waals surface area (Å²) >= 11 is 0. The van der Waals surface area contributed by atoms with E-state index in [2.05, 4.69) is 15.3 Å². The Labute approximate surface area is 195 Å². The van der Waals surface area contributed by atoms with Crippen molar-refractivity contribution in [3.8, 4) is 11.3 Å². The number of likely N-dealkylation sites (tertiary alicyclic amines) is 1. The number of carbonyl (C=O) groups is 1. The molecule has 0 saturated carbocycles. The number of aryl methyl sites for hydroxylation is 1. The van der Waals surface area contributed by atoms with Crippen LogP contribution in [-0.4, -0.2) is 38.6 Å². The van der Waals surface area contributed by atoms with Gasteiger partial charge in [0.2, 0.25) is 5.95 Å². The Bertz CT molecular complexity index is 1380. The summed E-state index contributed by atoms with van der Waals surface area (Å²) in [5.41, 5.74) is 17.5. The van der Waals surface area contributed by atoms with E-state index in [9.17, 15) is 9.18 Å². The predicted octanol–water partition coefficient (Wildman–Crippen LogP) is 4.03. The van der Waals surface area contributed by atoms with E-state index in [0.717, 1.165) is 11.1 Å². The van der Waals surface area contributed by atoms with Crippen LogP contribution in [0.15, 0.2) is 60.7 Å². The van der Waals surface area contributed by atoms with Crippen molar-refractivity contribution < 1.29 is 9.18 Å². The molecule has 5 N–H and O–H groups in total. The van der Waals surface area contributed by atoms with Gasteiger partial charge in [-0.2, -0.15) is 0 Å². The van der Waals surface area contributed by atoms with Gasteiger partial charge in [-0.15, -0.1) is 0 Å². The Morgan fingerprint density at radius 1 is 1.09 bits per heavy atom. The van der Waals surface area contributed by atoms with Crippen LogP contribution in [0.25, 0.3) is 22.3 Å². The van der Waals surface area contributed by atoms with Crippen molar-refractivity contribution in [3.05, 3.63) is 77.7 Å². The van der Waals surface area contributed by atoms with E-state index in [0.29, 0.717) is 41.1 Å². The molecule has 2 atom stereocenters. The summed E-state index contributed by atoms with van der Waals surface area (Å²) in [6.45, 7) is 2.43. The molecule has 2 aromatic heterocycles. The van der Waals surface area contributed by atoms with E-state index < -0.39 is 6.17 Å². The lowest BCUT2D eigenvalue weighted by Gasteiger charge is -2.25. The molecule has 0 spiro atoms. The van der Waals surface area contributed by atoms with Crippen LogP contribution in [0.1, 0.15) is 23.6 Å². The number of nitrogens with two attached hydrogens (primary N) is 2. The largest absolute Gasteiger partial charge is 0.368 e. The van der Waals surface area contributed by atoms with Crippen molar-refractivity contribution >= 4 is 28.7 Å². The molecule has 4 aromatic rings. The minimum Gasteiger partial charge on any atom is -0.368 e. The highest BCUT2D eigenvalue weighted by atomic mass is 19.1. The number of nitrogens with zero attached hydrogens (tertiary/aromatic N) is 4. The number of hydrogen-bond donors (Lipinski definition) is 3. The SMILES string of the molecule is Cc1cccc(NC(=O)N2CCC(c3nc(N)nc4ccc(-c5ccc(F)cc5)nc34)[C@H]2N)c1. The maximum absolute atomic E-state index is 13.4. The second-order valence-electron chi connectivity index (χ2n) is 8.42. The number of hydrogen-bond acceptors (Lipinski definition) is 6. The average molecular weight is 458 g/mol. The molecule has 1 aliphatic rings. The maximum atomic E-state index is 13.4. The number of anilines is 2. The first kappa shape index (κ1) is 21.7. The zero-order valence-corrected chi connectivity index (χ0v) is 18.6. The average Bonchev–Trinajstić information content (AvgIpc) is 3.20. The molecule has 1 fully saturated rings. The molecule has 1 unspecified atom stereocenters. The van der Waals surface area contributed by atoms with Gasteiger partial charge < -0.3 is 21.7 Å². The predicted molar refractivity (Wildman–Crippen MR) is 129 cm³/mol. The summed E-state index contributed by atoms with van der Waals surface area (Å²) < 4.78 is 13.4. The molecule has 0 aliphatic carbocycles. The first-order chi connectivity index (χ1) is 16.4. The Morgan fingerprint density at radius 2 is 1.88 bits per heavy atom. The molecule has 3 heterocycles. The smallest absolute Gasteiger partial charge is 0.323 e. The topological polar surface area (TPSA) is 123 Å². The Hall–Kier alpha value is -4.11. The Balaban J connectivity index is 1.46. The lowest BCUT2D eigenvalue weighted by atomic mass is 9.99. The molecule has 8 nitrogen and oxygen atoms in total. The Kier molecular flexibility index (Phi) is 5.54. The van der Waals surface area contributed by atoms with Gasteiger partial charge in [0.25, 0.3) is 0 Å². The third-order valence-corrected chi connectivity index (χ3v) is 6.06. The molecule has 1 aliphatic heterocycles. The molecule has 34 heavy (non-hydrogen) atoms. The van der Waals surface area contributed by atoms with E-state index in [4.69, 9.17) is 16.5 Å². The summed E-state index contributed by atoms with van der Waals surface area (Å²) in [4.78, 5) is 28.1. The number of amides is 2. The number of carbonyl (C=O) groups excluding carboxylic acids is 1. The zero-order valence-electron chi connectivity index (χ0n) is 18.6. The van der Waals surface area contributed by atoms with Gasteiger partial charge in [-0.3, -0.25) is 0 Å². The first-order valence-corrected chi connectivity index (χ1v) is 11.0. The van der Waals surface area contributed by atoms with E-state index >= 15 is 0 Å². The van der Waals surface area contributed by atoms with Gasteiger partial charge in [-0.25, -0.2) is 24.1 Å². The van der Waals surface area contributed by atoms with Crippen LogP contribution in [0, 0.1) is 12.7 Å². The fourth-order valence-electron chi connectivity index (χ4n) is 4.36. The number of fused-ring (bicyclic) bond motifs is 1. The van der Waals surface area contributed by atoms with Crippen LogP contribution in [0.4, 0.5) is 20.8 Å². The number of halogens is 1. The van der Waals surface area contributed by atoms with Gasteiger partial charge in [0.1, 0.15) is 11.3 Å². The lowest BCUT2D eigenvalue weighted by Crippen LogP contribution is -2.45. The van der Waals surface area contributed by atoms with Gasteiger partial charge in [0.15, 0.2) is 0 Å². The highest BCUT2D eigenvalue weighted by Crippen LogP contribution is 2.34. The lowest BCUT2D eigenvalue weighted by molar-refractivity contribution is 0.205. The molecule has 5 rings (SSSR count). The molecule has 2 amide bonds. The second kappa shape index (κ2) is 8.68. The van der Waals surface area contributed by atoms with Crippen LogP contribution in [0.5, 0.6) is 0 Å². The summed E-state index contributed by atoms with van der Waals surface area (Å²) in [6.07, 6.45) is -0.00487. The van der Waals surface area contributed by atoms with Crippen LogP contribution < -0.4 is 16.8 Å². The molecular weight excluding hydrogens is 433 g/mol. The fraction of sp³-hybridized carbons (Fsp3) is 0.200. The number of benzene rings is 2. The van der Waals surface area contributed by atoms with Crippen LogP contribution in [0.3, 0.4) is 0 Å². The van der Waals surface area contributed by atoms with Crippen molar-refractivity contribution in [1.29, 1.82) is 0 Å². The Morgan fingerprint density at radius 3 is 2.65 bits per heavy atom. The van der Waals surface area contributed by atoms with Gasteiger partial charge in [0, 0.05) is 23.7 Å². The minimum absolute atomic E-state index is 0.119. The van der Waals surface area contributed by atoms with Crippen molar-refractivity contribution in [2.24, 2.45) is 5.73 Å². The first-order valence-electron chi connectivity index (χ1n) is 11.0. The highest BCUT2D eigenvalue weighted by molar-refractivity contribution is 5.90. The van der Waals surface area contributed by atoms with Crippen molar-refractivity contribution in [1.82, 2.24) is 19.9 Å². The molecule has 0 bridgehead atoms. The fourth-order valence-corrected chi connectivity index (χ4v) is 4.36. The van der Waals surface area contributed by atoms with Gasteiger partial charge in [-0.1, -0.05) is 12.1 Å². The third kappa shape index (κ3) is 4.13. The van der Waals surface area contributed by atoms with Gasteiger partial charge in [-0.05, 0) is 67.4 Å². The highest BCUT2D eigenvalue weighted by Gasteiger charge is 2.38. The number of aromatic nitrogens is 3. The molecule has 2 aromatic carbocycles. The van der Waals surface area contributed by atoms with Crippen LogP contribution in [-0.2, 0) is 0 Å².